The second kappa shape index (κ2) is 59.2. The summed E-state index contributed by atoms with van der Waals surface area (Å²) >= 11 is 0. The van der Waals surface area contributed by atoms with Crippen molar-refractivity contribution in [1.82, 2.24) is 0 Å². The number of carbonyl (C=O) groups excluding carboxylic acids is 3. The fourth-order valence-corrected chi connectivity index (χ4v) is 8.38. The lowest BCUT2D eigenvalue weighted by Crippen LogP contribution is -2.30. The van der Waals surface area contributed by atoms with Gasteiger partial charge in [-0.3, -0.25) is 14.4 Å². The predicted octanol–water partition coefficient (Wildman–Crippen LogP) is 20.3. The molecule has 1 atom stereocenters. The van der Waals surface area contributed by atoms with Gasteiger partial charge in [-0.25, -0.2) is 0 Å². The quantitative estimate of drug-likeness (QED) is 0.0261. The molecule has 1 unspecified atom stereocenters. The zero-order valence-electron chi connectivity index (χ0n) is 46.7. The number of hydrogen-bond donors (Lipinski definition) is 0. The summed E-state index contributed by atoms with van der Waals surface area (Å²) in [6, 6.07) is 0. The maximum atomic E-state index is 12.9. The van der Waals surface area contributed by atoms with Gasteiger partial charge in [0.2, 0.25) is 0 Å². The van der Waals surface area contributed by atoms with E-state index in [-0.39, 0.29) is 31.1 Å². The highest BCUT2D eigenvalue weighted by Gasteiger charge is 2.19. The first kappa shape index (κ1) is 67.6. The van der Waals surface area contributed by atoms with Crippen LogP contribution in [0.25, 0.3) is 0 Å². The van der Waals surface area contributed by atoms with Crippen LogP contribution in [0.5, 0.6) is 0 Å². The third-order valence-corrected chi connectivity index (χ3v) is 12.9. The Bertz CT molecular complexity index is 1370. The van der Waals surface area contributed by atoms with E-state index in [1.165, 1.54) is 135 Å². The first-order valence-electron chi connectivity index (χ1n) is 30.1. The van der Waals surface area contributed by atoms with Crippen molar-refractivity contribution in [3.8, 4) is 0 Å². The lowest BCUT2D eigenvalue weighted by molar-refractivity contribution is -0.167. The van der Waals surface area contributed by atoms with Crippen molar-refractivity contribution in [2.45, 2.75) is 297 Å². The third kappa shape index (κ3) is 57.4. The molecule has 0 aromatic heterocycles. The number of hydrogen-bond acceptors (Lipinski definition) is 6. The molecular formula is C65H112O6. The van der Waals surface area contributed by atoms with Crippen LogP contribution in [0.2, 0.25) is 0 Å². The van der Waals surface area contributed by atoms with E-state index in [2.05, 4.69) is 106 Å². The number of unbranched alkanes of at least 4 members (excludes halogenated alkanes) is 29. The number of rotatable bonds is 54. The highest BCUT2D eigenvalue weighted by Crippen LogP contribution is 2.16. The molecule has 0 aliphatic heterocycles. The molecule has 0 saturated carbocycles. The van der Waals surface area contributed by atoms with Crippen LogP contribution in [0.4, 0.5) is 0 Å². The molecule has 0 aromatic carbocycles. The summed E-state index contributed by atoms with van der Waals surface area (Å²) in [4.78, 5) is 38.2. The van der Waals surface area contributed by atoms with Gasteiger partial charge in [-0.2, -0.15) is 0 Å². The average molecular weight is 990 g/mol. The van der Waals surface area contributed by atoms with Gasteiger partial charge in [-0.15, -0.1) is 0 Å². The maximum absolute atomic E-state index is 12.9. The SMILES string of the molecule is CC/C=C\C/C=C\C/C=C\C/C=C\C/C=C\C/C=C\CCCCCCC(=O)OCC(COC(=O)CCCCCCC/C=C\CCCCCCC)OC(=O)CCCCCCCCCCCCCCCCCC. The van der Waals surface area contributed by atoms with Gasteiger partial charge >= 0.3 is 17.9 Å². The van der Waals surface area contributed by atoms with E-state index in [4.69, 9.17) is 14.2 Å². The number of ether oxygens (including phenoxy) is 3. The summed E-state index contributed by atoms with van der Waals surface area (Å²) in [5, 5.41) is 0. The Morgan fingerprint density at radius 1 is 0.296 bits per heavy atom. The van der Waals surface area contributed by atoms with E-state index in [1.54, 1.807) is 0 Å². The summed E-state index contributed by atoms with van der Waals surface area (Å²) in [6.45, 7) is 6.51. The minimum Gasteiger partial charge on any atom is -0.462 e. The van der Waals surface area contributed by atoms with Crippen molar-refractivity contribution in [3.63, 3.8) is 0 Å². The molecule has 0 N–H and O–H groups in total. The summed E-state index contributed by atoms with van der Waals surface area (Å²) < 4.78 is 16.9. The Balaban J connectivity index is 4.41. The van der Waals surface area contributed by atoms with Crippen LogP contribution in [-0.4, -0.2) is 37.2 Å². The van der Waals surface area contributed by atoms with E-state index in [0.717, 1.165) is 116 Å². The predicted molar refractivity (Wildman–Crippen MR) is 307 cm³/mol. The van der Waals surface area contributed by atoms with Crippen LogP contribution in [0.1, 0.15) is 290 Å². The zero-order chi connectivity index (χ0) is 51.4. The van der Waals surface area contributed by atoms with Gasteiger partial charge in [0.25, 0.3) is 0 Å². The van der Waals surface area contributed by atoms with Crippen LogP contribution >= 0.6 is 0 Å². The smallest absolute Gasteiger partial charge is 0.306 e. The van der Waals surface area contributed by atoms with Crippen molar-refractivity contribution in [2.24, 2.45) is 0 Å². The van der Waals surface area contributed by atoms with Crippen LogP contribution in [-0.2, 0) is 28.6 Å². The molecule has 0 aliphatic rings. The highest BCUT2D eigenvalue weighted by molar-refractivity contribution is 5.71. The molecule has 0 radical (unpaired) electrons. The molecule has 71 heavy (non-hydrogen) atoms. The minimum absolute atomic E-state index is 0.0870. The number of esters is 3. The molecule has 0 rings (SSSR count). The van der Waals surface area contributed by atoms with Crippen molar-refractivity contribution < 1.29 is 28.6 Å². The molecule has 0 saturated heterocycles. The van der Waals surface area contributed by atoms with Gasteiger partial charge in [-0.1, -0.05) is 260 Å². The topological polar surface area (TPSA) is 78.9 Å². The zero-order valence-corrected chi connectivity index (χ0v) is 46.7. The van der Waals surface area contributed by atoms with Crippen LogP contribution in [0.15, 0.2) is 85.1 Å². The Labute approximate surface area is 439 Å². The van der Waals surface area contributed by atoms with Gasteiger partial charge in [0, 0.05) is 19.3 Å². The van der Waals surface area contributed by atoms with Crippen molar-refractivity contribution in [3.05, 3.63) is 85.1 Å². The van der Waals surface area contributed by atoms with E-state index in [9.17, 15) is 14.4 Å². The monoisotopic (exact) mass is 989 g/mol. The number of carbonyl (C=O) groups is 3. The van der Waals surface area contributed by atoms with Gasteiger partial charge in [0.15, 0.2) is 6.10 Å². The Morgan fingerprint density at radius 2 is 0.549 bits per heavy atom. The maximum Gasteiger partial charge on any atom is 0.306 e. The van der Waals surface area contributed by atoms with Crippen molar-refractivity contribution >= 4 is 17.9 Å². The Morgan fingerprint density at radius 3 is 0.873 bits per heavy atom. The molecular weight excluding hydrogens is 877 g/mol. The molecule has 6 heteroatoms. The first-order valence-corrected chi connectivity index (χ1v) is 30.1. The highest BCUT2D eigenvalue weighted by atomic mass is 16.6. The Kier molecular flexibility index (Phi) is 56.3. The largest absolute Gasteiger partial charge is 0.462 e. The van der Waals surface area contributed by atoms with Gasteiger partial charge in [-0.05, 0) is 96.3 Å². The first-order chi connectivity index (χ1) is 35.0. The van der Waals surface area contributed by atoms with Crippen molar-refractivity contribution in [1.29, 1.82) is 0 Å². The molecule has 0 aliphatic carbocycles. The molecule has 6 nitrogen and oxygen atoms in total. The second-order valence-electron chi connectivity index (χ2n) is 19.9. The molecule has 0 amide bonds. The van der Waals surface area contributed by atoms with E-state index >= 15 is 0 Å². The van der Waals surface area contributed by atoms with Crippen LogP contribution < -0.4 is 0 Å². The summed E-state index contributed by atoms with van der Waals surface area (Å²) in [6.07, 6.45) is 77.1. The molecule has 0 spiro atoms. The van der Waals surface area contributed by atoms with E-state index in [0.29, 0.717) is 19.3 Å². The van der Waals surface area contributed by atoms with E-state index < -0.39 is 6.10 Å². The molecule has 0 fully saturated rings. The van der Waals surface area contributed by atoms with Gasteiger partial charge < -0.3 is 14.2 Å². The molecule has 0 bridgehead atoms. The third-order valence-electron chi connectivity index (χ3n) is 12.9. The lowest BCUT2D eigenvalue weighted by Gasteiger charge is -2.18. The van der Waals surface area contributed by atoms with Crippen LogP contribution in [0, 0.1) is 0 Å². The summed E-state index contributed by atoms with van der Waals surface area (Å²) in [7, 11) is 0. The van der Waals surface area contributed by atoms with Gasteiger partial charge in [0.05, 0.1) is 0 Å². The fourth-order valence-electron chi connectivity index (χ4n) is 8.38. The van der Waals surface area contributed by atoms with E-state index in [1.807, 2.05) is 0 Å². The average Bonchev–Trinajstić information content (AvgIpc) is 3.37. The van der Waals surface area contributed by atoms with Crippen LogP contribution in [0.3, 0.4) is 0 Å². The Hall–Kier alpha value is -3.41. The second-order valence-corrected chi connectivity index (χ2v) is 19.9. The lowest BCUT2D eigenvalue weighted by atomic mass is 10.0. The minimum atomic E-state index is -0.790. The number of allylic oxidation sites excluding steroid dienone is 14. The van der Waals surface area contributed by atoms with Crippen molar-refractivity contribution in [2.75, 3.05) is 13.2 Å². The standard InChI is InChI=1S/C65H112O6/c1-4-7-10-13-16-19-22-25-28-30-31-32-33-34-35-36-38-40-43-46-49-52-55-58-64(67)70-61-62(60-69-63(66)57-54-51-48-45-42-39-27-24-21-18-15-12-9-6-3)71-65(68)59-56-53-50-47-44-41-37-29-26-23-20-17-14-11-8-5-2/h7,10,16,19,24-25,27-28,31-32,34-35,38,40,62H,4-6,8-9,11-15,17-18,20-23,26,29-30,33,36-37,39,41-61H2,1-3H3/b10-7-,19-16-,27-24-,28-25-,32-31-,35-34-,40-38-. The summed E-state index contributed by atoms with van der Waals surface area (Å²) in [5.41, 5.74) is 0. The van der Waals surface area contributed by atoms with Gasteiger partial charge in [0.1, 0.15) is 13.2 Å². The molecule has 0 aromatic rings. The fraction of sp³-hybridized carbons (Fsp3) is 0.738. The summed E-state index contributed by atoms with van der Waals surface area (Å²) in [5.74, 6) is -0.910. The molecule has 0 heterocycles. The molecule has 408 valence electrons. The normalized spacial score (nSPS) is 12.7.